The van der Waals surface area contributed by atoms with Crippen LogP contribution in [0.4, 0.5) is 5.69 Å². The molecular formula is C18H17N3O3S. The van der Waals surface area contributed by atoms with Crippen molar-refractivity contribution in [3.63, 3.8) is 0 Å². The normalized spacial score (nSPS) is 11.7. The van der Waals surface area contributed by atoms with E-state index in [-0.39, 0.29) is 10.5 Å². The van der Waals surface area contributed by atoms with Crippen molar-refractivity contribution in [2.75, 3.05) is 5.32 Å². The van der Waals surface area contributed by atoms with Crippen molar-refractivity contribution in [2.24, 2.45) is 5.14 Å². The Bertz CT molecular complexity index is 985. The first-order valence-electron chi connectivity index (χ1n) is 7.34. The van der Waals surface area contributed by atoms with E-state index in [2.05, 4.69) is 5.32 Å². The van der Waals surface area contributed by atoms with Crippen LogP contribution >= 0.6 is 0 Å². The maximum Gasteiger partial charge on any atom is 0.266 e. The quantitative estimate of drug-likeness (QED) is 0.648. The van der Waals surface area contributed by atoms with Gasteiger partial charge in [0.2, 0.25) is 10.0 Å². The number of nitrogens with one attached hydrogen (secondary N) is 1. The van der Waals surface area contributed by atoms with Gasteiger partial charge >= 0.3 is 0 Å². The van der Waals surface area contributed by atoms with Gasteiger partial charge in [0, 0.05) is 5.69 Å². The second-order valence-corrected chi connectivity index (χ2v) is 7.11. The minimum atomic E-state index is -3.80. The maximum absolute atomic E-state index is 12.3. The fraction of sp³-hybridized carbons (Fsp3) is 0.111. The van der Waals surface area contributed by atoms with Gasteiger partial charge in [-0.3, -0.25) is 4.79 Å². The predicted octanol–water partition coefficient (Wildman–Crippen LogP) is 2.50. The Hall–Kier alpha value is -2.95. The molecule has 0 aliphatic rings. The SMILES string of the molecule is Cc1ccc(C)c(/C=C(\C#N)C(=O)Nc2ccc(S(N)(=O)=O)cc2)c1. The molecule has 0 heterocycles. The van der Waals surface area contributed by atoms with Gasteiger partial charge < -0.3 is 5.32 Å². The zero-order valence-electron chi connectivity index (χ0n) is 13.8. The molecule has 2 aromatic rings. The van der Waals surface area contributed by atoms with Gasteiger partial charge in [-0.2, -0.15) is 5.26 Å². The molecule has 6 nitrogen and oxygen atoms in total. The van der Waals surface area contributed by atoms with Crippen molar-refractivity contribution in [1.82, 2.24) is 0 Å². The van der Waals surface area contributed by atoms with Crippen molar-refractivity contribution >= 4 is 27.7 Å². The second kappa shape index (κ2) is 7.30. The number of nitrogens with zero attached hydrogens (tertiary/aromatic N) is 1. The van der Waals surface area contributed by atoms with Crippen LogP contribution < -0.4 is 10.5 Å². The first-order chi connectivity index (χ1) is 11.7. The van der Waals surface area contributed by atoms with Crippen molar-refractivity contribution in [1.29, 1.82) is 5.26 Å². The molecule has 2 rings (SSSR count). The topological polar surface area (TPSA) is 113 Å². The van der Waals surface area contributed by atoms with E-state index in [1.54, 1.807) is 0 Å². The van der Waals surface area contributed by atoms with Gasteiger partial charge in [0.05, 0.1) is 4.90 Å². The third-order valence-corrected chi connectivity index (χ3v) is 4.47. The third-order valence-electron chi connectivity index (χ3n) is 3.54. The smallest absolute Gasteiger partial charge is 0.266 e. The van der Waals surface area contributed by atoms with E-state index in [4.69, 9.17) is 5.14 Å². The minimum absolute atomic E-state index is 0.0516. The fourth-order valence-electron chi connectivity index (χ4n) is 2.15. The number of aryl methyl sites for hydroxylation is 2. The van der Waals surface area contributed by atoms with Gasteiger partial charge in [-0.1, -0.05) is 23.8 Å². The molecule has 0 aliphatic carbocycles. The Morgan fingerprint density at radius 2 is 1.80 bits per heavy atom. The third kappa shape index (κ3) is 4.76. The Morgan fingerprint density at radius 1 is 1.16 bits per heavy atom. The number of rotatable bonds is 4. The van der Waals surface area contributed by atoms with Gasteiger partial charge in [0.25, 0.3) is 5.91 Å². The number of sulfonamides is 1. The molecule has 0 aromatic heterocycles. The first-order valence-corrected chi connectivity index (χ1v) is 8.88. The molecular weight excluding hydrogens is 338 g/mol. The van der Waals surface area contributed by atoms with Crippen molar-refractivity contribution in [3.05, 3.63) is 64.7 Å². The Labute approximate surface area is 146 Å². The fourth-order valence-corrected chi connectivity index (χ4v) is 2.66. The number of carbonyl (C=O) groups excluding carboxylic acids is 1. The number of nitriles is 1. The van der Waals surface area contributed by atoms with Crippen LogP contribution in [0.1, 0.15) is 16.7 Å². The number of amides is 1. The molecule has 7 heteroatoms. The molecule has 25 heavy (non-hydrogen) atoms. The molecule has 0 aliphatic heterocycles. The zero-order chi connectivity index (χ0) is 18.6. The lowest BCUT2D eigenvalue weighted by Crippen LogP contribution is -2.14. The van der Waals surface area contributed by atoms with Crippen LogP contribution in [-0.4, -0.2) is 14.3 Å². The van der Waals surface area contributed by atoms with E-state index in [1.807, 2.05) is 38.1 Å². The Kier molecular flexibility index (Phi) is 5.37. The number of benzene rings is 2. The van der Waals surface area contributed by atoms with Gasteiger partial charge in [-0.15, -0.1) is 0 Å². The summed E-state index contributed by atoms with van der Waals surface area (Å²) in [7, 11) is -3.80. The van der Waals surface area contributed by atoms with Gasteiger partial charge in [0.15, 0.2) is 0 Å². The van der Waals surface area contributed by atoms with Crippen LogP contribution in [0.2, 0.25) is 0 Å². The summed E-state index contributed by atoms with van der Waals surface area (Å²) >= 11 is 0. The Balaban J connectivity index is 2.25. The van der Waals surface area contributed by atoms with Crippen LogP contribution in [0.5, 0.6) is 0 Å². The van der Waals surface area contributed by atoms with Crippen molar-refractivity contribution < 1.29 is 13.2 Å². The number of anilines is 1. The lowest BCUT2D eigenvalue weighted by atomic mass is 10.0. The van der Waals surface area contributed by atoms with Crippen LogP contribution in [0, 0.1) is 25.2 Å². The maximum atomic E-state index is 12.3. The van der Waals surface area contributed by atoms with Crippen LogP contribution in [0.25, 0.3) is 6.08 Å². The van der Waals surface area contributed by atoms with E-state index < -0.39 is 15.9 Å². The molecule has 0 saturated heterocycles. The molecule has 0 unspecified atom stereocenters. The van der Waals surface area contributed by atoms with Gasteiger partial charge in [-0.05, 0) is 55.3 Å². The Morgan fingerprint density at radius 3 is 2.36 bits per heavy atom. The summed E-state index contributed by atoms with van der Waals surface area (Å²) in [6.45, 7) is 3.82. The minimum Gasteiger partial charge on any atom is -0.321 e. The summed E-state index contributed by atoms with van der Waals surface area (Å²) in [6.07, 6.45) is 1.52. The highest BCUT2D eigenvalue weighted by molar-refractivity contribution is 7.89. The molecule has 0 bridgehead atoms. The lowest BCUT2D eigenvalue weighted by Gasteiger charge is -2.06. The molecule has 0 saturated carbocycles. The van der Waals surface area contributed by atoms with E-state index in [0.717, 1.165) is 16.7 Å². The molecule has 0 spiro atoms. The average molecular weight is 355 g/mol. The summed E-state index contributed by atoms with van der Waals surface area (Å²) in [5, 5.41) is 16.9. The monoisotopic (exact) mass is 355 g/mol. The van der Waals surface area contributed by atoms with E-state index >= 15 is 0 Å². The van der Waals surface area contributed by atoms with E-state index in [1.165, 1.54) is 30.3 Å². The van der Waals surface area contributed by atoms with E-state index in [0.29, 0.717) is 5.69 Å². The number of primary sulfonamides is 1. The summed E-state index contributed by atoms with van der Waals surface area (Å²) in [4.78, 5) is 12.2. The summed E-state index contributed by atoms with van der Waals surface area (Å²) in [5.41, 5.74) is 3.07. The van der Waals surface area contributed by atoms with Crippen molar-refractivity contribution in [3.8, 4) is 6.07 Å². The van der Waals surface area contributed by atoms with Crippen LogP contribution in [0.15, 0.2) is 52.9 Å². The van der Waals surface area contributed by atoms with E-state index in [9.17, 15) is 18.5 Å². The highest BCUT2D eigenvalue weighted by atomic mass is 32.2. The number of carbonyl (C=O) groups is 1. The van der Waals surface area contributed by atoms with Gasteiger partial charge in [0.1, 0.15) is 11.6 Å². The molecule has 0 fully saturated rings. The number of nitrogens with two attached hydrogens (primary N) is 1. The van der Waals surface area contributed by atoms with Crippen molar-refractivity contribution in [2.45, 2.75) is 18.7 Å². The van der Waals surface area contributed by atoms with Gasteiger partial charge in [-0.25, -0.2) is 13.6 Å². The lowest BCUT2D eigenvalue weighted by molar-refractivity contribution is -0.112. The molecule has 2 aromatic carbocycles. The molecule has 3 N–H and O–H groups in total. The molecule has 0 atom stereocenters. The largest absolute Gasteiger partial charge is 0.321 e. The van der Waals surface area contributed by atoms with Crippen LogP contribution in [-0.2, 0) is 14.8 Å². The zero-order valence-corrected chi connectivity index (χ0v) is 14.6. The highest BCUT2D eigenvalue weighted by Crippen LogP contribution is 2.17. The standard InChI is InChI=1S/C18H17N3O3S/c1-12-3-4-13(2)14(9-12)10-15(11-19)18(22)21-16-5-7-17(8-6-16)25(20,23)24/h3-10H,1-2H3,(H,21,22)(H2,20,23,24)/b15-10+. The molecule has 1 amide bonds. The highest BCUT2D eigenvalue weighted by Gasteiger charge is 2.12. The first kappa shape index (κ1) is 18.4. The molecule has 128 valence electrons. The predicted molar refractivity (Wildman–Crippen MR) is 96.0 cm³/mol. The summed E-state index contributed by atoms with van der Waals surface area (Å²) in [5.74, 6) is -0.577. The van der Waals surface area contributed by atoms with Crippen LogP contribution in [0.3, 0.4) is 0 Å². The average Bonchev–Trinajstić information content (AvgIpc) is 2.55. The number of hydrogen-bond acceptors (Lipinski definition) is 4. The summed E-state index contributed by atoms with van der Waals surface area (Å²) < 4.78 is 22.4. The second-order valence-electron chi connectivity index (χ2n) is 5.55. The summed E-state index contributed by atoms with van der Waals surface area (Å²) in [6, 6.07) is 13.0. The number of hydrogen-bond donors (Lipinski definition) is 2. The molecule has 0 radical (unpaired) electrons.